The Kier molecular flexibility index (Phi) is 4.47. The summed E-state index contributed by atoms with van der Waals surface area (Å²) in [5.74, 6) is -0.140. The van der Waals surface area contributed by atoms with E-state index in [0.29, 0.717) is 5.56 Å². The Labute approximate surface area is 107 Å². The van der Waals surface area contributed by atoms with Crippen LogP contribution in [0.1, 0.15) is 17.5 Å². The molecule has 2 rings (SSSR count). The minimum atomic E-state index is -0.140. The Morgan fingerprint density at radius 1 is 1.39 bits per heavy atom. The lowest BCUT2D eigenvalue weighted by Gasteiger charge is -2.06. The standard InChI is InChI=1S/C14H18FN3/c1-12-9-13(3-4-14(12)15)10-16-5-2-7-18-8-6-17-11-18/h3-4,6,8-9,11,16H,2,5,7,10H2,1H3. The summed E-state index contributed by atoms with van der Waals surface area (Å²) in [4.78, 5) is 3.99. The predicted molar refractivity (Wildman–Crippen MR) is 69.7 cm³/mol. The molecule has 1 N–H and O–H groups in total. The van der Waals surface area contributed by atoms with Crippen molar-refractivity contribution in [3.63, 3.8) is 0 Å². The van der Waals surface area contributed by atoms with Crippen LogP contribution in [0.5, 0.6) is 0 Å². The SMILES string of the molecule is Cc1cc(CNCCCn2ccnc2)ccc1F. The van der Waals surface area contributed by atoms with Crippen molar-refractivity contribution in [3.8, 4) is 0 Å². The van der Waals surface area contributed by atoms with Crippen molar-refractivity contribution in [2.45, 2.75) is 26.4 Å². The first-order valence-electron chi connectivity index (χ1n) is 6.17. The van der Waals surface area contributed by atoms with E-state index in [1.54, 1.807) is 13.1 Å². The van der Waals surface area contributed by atoms with Gasteiger partial charge in [-0.05, 0) is 37.1 Å². The molecule has 0 spiro atoms. The lowest BCUT2D eigenvalue weighted by Crippen LogP contribution is -2.16. The number of benzene rings is 1. The van der Waals surface area contributed by atoms with Gasteiger partial charge < -0.3 is 9.88 Å². The second-order valence-electron chi connectivity index (χ2n) is 4.41. The number of hydrogen-bond acceptors (Lipinski definition) is 2. The van der Waals surface area contributed by atoms with Gasteiger partial charge in [-0.2, -0.15) is 0 Å². The fourth-order valence-corrected chi connectivity index (χ4v) is 1.86. The van der Waals surface area contributed by atoms with Crippen molar-refractivity contribution in [1.82, 2.24) is 14.9 Å². The second kappa shape index (κ2) is 6.31. The first-order valence-corrected chi connectivity index (χ1v) is 6.17. The maximum Gasteiger partial charge on any atom is 0.126 e. The molecular weight excluding hydrogens is 229 g/mol. The molecule has 0 aliphatic heterocycles. The van der Waals surface area contributed by atoms with Crippen LogP contribution in [0.25, 0.3) is 0 Å². The van der Waals surface area contributed by atoms with Gasteiger partial charge in [-0.15, -0.1) is 0 Å². The van der Waals surface area contributed by atoms with Gasteiger partial charge in [0.05, 0.1) is 6.33 Å². The molecule has 0 unspecified atom stereocenters. The maximum atomic E-state index is 13.1. The van der Waals surface area contributed by atoms with E-state index in [4.69, 9.17) is 0 Å². The molecule has 1 aromatic carbocycles. The van der Waals surface area contributed by atoms with Crippen LogP contribution >= 0.6 is 0 Å². The third kappa shape index (κ3) is 3.67. The quantitative estimate of drug-likeness (QED) is 0.795. The molecule has 0 saturated heterocycles. The molecular formula is C14H18FN3. The highest BCUT2D eigenvalue weighted by molar-refractivity contribution is 5.23. The van der Waals surface area contributed by atoms with Crippen molar-refractivity contribution < 1.29 is 4.39 Å². The number of nitrogens with zero attached hydrogens (tertiary/aromatic N) is 2. The lowest BCUT2D eigenvalue weighted by molar-refractivity contribution is 0.579. The molecule has 0 fully saturated rings. The normalized spacial score (nSPS) is 10.8. The number of halogens is 1. The van der Waals surface area contributed by atoms with Crippen LogP contribution < -0.4 is 5.32 Å². The average Bonchev–Trinajstić information content (AvgIpc) is 2.86. The maximum absolute atomic E-state index is 13.1. The fraction of sp³-hybridized carbons (Fsp3) is 0.357. The molecule has 0 aliphatic carbocycles. The molecule has 2 aromatic rings. The summed E-state index contributed by atoms with van der Waals surface area (Å²) in [6, 6.07) is 5.24. The monoisotopic (exact) mass is 247 g/mol. The first-order chi connectivity index (χ1) is 8.75. The van der Waals surface area contributed by atoms with E-state index in [2.05, 4.69) is 14.9 Å². The van der Waals surface area contributed by atoms with Crippen LogP contribution in [0.3, 0.4) is 0 Å². The summed E-state index contributed by atoms with van der Waals surface area (Å²) >= 11 is 0. The second-order valence-corrected chi connectivity index (χ2v) is 4.41. The minimum Gasteiger partial charge on any atom is -0.337 e. The highest BCUT2D eigenvalue weighted by atomic mass is 19.1. The van der Waals surface area contributed by atoms with Gasteiger partial charge in [0.1, 0.15) is 5.82 Å². The van der Waals surface area contributed by atoms with E-state index in [0.717, 1.165) is 31.6 Å². The van der Waals surface area contributed by atoms with Crippen LogP contribution in [-0.2, 0) is 13.1 Å². The largest absolute Gasteiger partial charge is 0.337 e. The van der Waals surface area contributed by atoms with Gasteiger partial charge in [0.25, 0.3) is 0 Å². The van der Waals surface area contributed by atoms with Gasteiger partial charge in [0.2, 0.25) is 0 Å². The van der Waals surface area contributed by atoms with Crippen molar-refractivity contribution in [1.29, 1.82) is 0 Å². The number of aryl methyl sites for hydroxylation is 2. The van der Waals surface area contributed by atoms with E-state index >= 15 is 0 Å². The molecule has 0 radical (unpaired) electrons. The molecule has 1 heterocycles. The lowest BCUT2D eigenvalue weighted by atomic mass is 10.1. The Morgan fingerprint density at radius 3 is 3.00 bits per heavy atom. The number of hydrogen-bond donors (Lipinski definition) is 1. The Hall–Kier alpha value is -1.68. The summed E-state index contributed by atoms with van der Waals surface area (Å²) in [5, 5.41) is 3.35. The van der Waals surface area contributed by atoms with Gasteiger partial charge in [-0.25, -0.2) is 9.37 Å². The summed E-state index contributed by atoms with van der Waals surface area (Å²) < 4.78 is 15.1. The molecule has 1 aromatic heterocycles. The van der Waals surface area contributed by atoms with Gasteiger partial charge >= 0.3 is 0 Å². The molecule has 96 valence electrons. The topological polar surface area (TPSA) is 29.9 Å². The first kappa shape index (κ1) is 12.8. The molecule has 4 heteroatoms. The molecule has 3 nitrogen and oxygen atoms in total. The minimum absolute atomic E-state index is 0.140. The van der Waals surface area contributed by atoms with Crippen molar-refractivity contribution in [2.75, 3.05) is 6.54 Å². The third-order valence-electron chi connectivity index (χ3n) is 2.88. The van der Waals surface area contributed by atoms with Gasteiger partial charge in [-0.1, -0.05) is 12.1 Å². The summed E-state index contributed by atoms with van der Waals surface area (Å²) in [6.07, 6.45) is 6.62. The Morgan fingerprint density at radius 2 is 2.28 bits per heavy atom. The molecule has 0 aliphatic rings. The van der Waals surface area contributed by atoms with Crippen molar-refractivity contribution >= 4 is 0 Å². The van der Waals surface area contributed by atoms with E-state index < -0.39 is 0 Å². The Balaban J connectivity index is 1.67. The zero-order valence-corrected chi connectivity index (χ0v) is 10.6. The van der Waals surface area contributed by atoms with Crippen LogP contribution in [0, 0.1) is 12.7 Å². The molecule has 18 heavy (non-hydrogen) atoms. The summed E-state index contributed by atoms with van der Waals surface area (Å²) in [6.45, 7) is 4.48. The molecule has 0 amide bonds. The van der Waals surface area contributed by atoms with Crippen LogP contribution in [0.4, 0.5) is 4.39 Å². The fourth-order valence-electron chi connectivity index (χ4n) is 1.86. The summed E-state index contributed by atoms with van der Waals surface area (Å²) in [5.41, 5.74) is 1.82. The molecule has 0 atom stereocenters. The van der Waals surface area contributed by atoms with Crippen LogP contribution in [0.2, 0.25) is 0 Å². The predicted octanol–water partition coefficient (Wildman–Crippen LogP) is 2.51. The van der Waals surface area contributed by atoms with E-state index in [1.165, 1.54) is 6.07 Å². The van der Waals surface area contributed by atoms with Gasteiger partial charge in [-0.3, -0.25) is 0 Å². The molecule has 0 bridgehead atoms. The molecule has 0 saturated carbocycles. The number of nitrogens with one attached hydrogen (secondary N) is 1. The van der Waals surface area contributed by atoms with Gasteiger partial charge in [0, 0.05) is 25.5 Å². The number of aromatic nitrogens is 2. The van der Waals surface area contributed by atoms with Gasteiger partial charge in [0.15, 0.2) is 0 Å². The number of rotatable bonds is 6. The van der Waals surface area contributed by atoms with E-state index in [1.807, 2.05) is 24.7 Å². The zero-order chi connectivity index (χ0) is 12.8. The summed E-state index contributed by atoms with van der Waals surface area (Å²) in [7, 11) is 0. The van der Waals surface area contributed by atoms with E-state index in [-0.39, 0.29) is 5.82 Å². The third-order valence-corrected chi connectivity index (χ3v) is 2.88. The van der Waals surface area contributed by atoms with Crippen LogP contribution in [0.15, 0.2) is 36.9 Å². The van der Waals surface area contributed by atoms with Crippen molar-refractivity contribution in [2.24, 2.45) is 0 Å². The zero-order valence-electron chi connectivity index (χ0n) is 10.6. The van der Waals surface area contributed by atoms with Crippen molar-refractivity contribution in [3.05, 3.63) is 53.9 Å². The van der Waals surface area contributed by atoms with E-state index in [9.17, 15) is 4.39 Å². The highest BCUT2D eigenvalue weighted by Gasteiger charge is 1.98. The smallest absolute Gasteiger partial charge is 0.126 e. The average molecular weight is 247 g/mol. The highest BCUT2D eigenvalue weighted by Crippen LogP contribution is 2.08. The Bertz CT molecular complexity index is 480. The van der Waals surface area contributed by atoms with Crippen LogP contribution in [-0.4, -0.2) is 16.1 Å². The number of imidazole rings is 1.